The molecule has 0 saturated carbocycles. The first-order valence-corrected chi connectivity index (χ1v) is 8.93. The molecule has 0 saturated heterocycles. The highest BCUT2D eigenvalue weighted by Crippen LogP contribution is 2.24. The Bertz CT molecular complexity index is 493. The monoisotopic (exact) mass is 324 g/mol. The molecular weight excluding hydrogens is 296 g/mol. The molecule has 2 heterocycles. The van der Waals surface area contributed by atoms with Gasteiger partial charge in [-0.15, -0.1) is 11.3 Å². The number of carbonyl (C=O) groups is 1. The topological polar surface area (TPSA) is 43.8 Å². The van der Waals surface area contributed by atoms with Gasteiger partial charge in [-0.2, -0.15) is 0 Å². The van der Waals surface area contributed by atoms with Crippen LogP contribution in [0.25, 0.3) is 0 Å². The van der Waals surface area contributed by atoms with Crippen molar-refractivity contribution in [3.63, 3.8) is 0 Å². The summed E-state index contributed by atoms with van der Waals surface area (Å²) >= 11 is 1.80. The smallest absolute Gasteiger partial charge is 0.237 e. The lowest BCUT2D eigenvalue weighted by molar-refractivity contribution is -0.133. The Balaban J connectivity index is 1.93. The van der Waals surface area contributed by atoms with E-state index in [0.29, 0.717) is 6.54 Å². The molecule has 0 fully saturated rings. The summed E-state index contributed by atoms with van der Waals surface area (Å²) in [5, 5.41) is 11.2. The number of hydrogen-bond acceptors (Lipinski definition) is 4. The van der Waals surface area contributed by atoms with Gasteiger partial charge in [-0.25, -0.2) is 0 Å². The van der Waals surface area contributed by atoms with Crippen molar-refractivity contribution in [2.75, 3.05) is 32.8 Å². The number of aliphatic hydroxyl groups is 1. The Labute approximate surface area is 137 Å². The third-order valence-corrected chi connectivity index (χ3v) is 4.87. The van der Waals surface area contributed by atoms with Crippen LogP contribution in [0.5, 0.6) is 0 Å². The molecule has 1 aromatic heterocycles. The Morgan fingerprint density at radius 2 is 2.23 bits per heavy atom. The van der Waals surface area contributed by atoms with E-state index in [1.807, 2.05) is 4.90 Å². The van der Waals surface area contributed by atoms with E-state index >= 15 is 0 Å². The van der Waals surface area contributed by atoms with Gasteiger partial charge in [-0.05, 0) is 35.3 Å². The highest BCUT2D eigenvalue weighted by molar-refractivity contribution is 7.10. The van der Waals surface area contributed by atoms with Crippen molar-refractivity contribution < 1.29 is 9.90 Å². The Morgan fingerprint density at radius 3 is 2.91 bits per heavy atom. The second-order valence-electron chi connectivity index (χ2n) is 7.28. The van der Waals surface area contributed by atoms with E-state index in [-0.39, 0.29) is 17.9 Å². The number of hydrogen-bond donors (Lipinski definition) is 1. The summed E-state index contributed by atoms with van der Waals surface area (Å²) in [4.78, 5) is 18.2. The van der Waals surface area contributed by atoms with E-state index in [9.17, 15) is 4.79 Å². The molecule has 1 N–H and O–H groups in total. The van der Waals surface area contributed by atoms with Gasteiger partial charge in [-0.3, -0.25) is 9.69 Å². The van der Waals surface area contributed by atoms with Gasteiger partial charge in [0.25, 0.3) is 0 Å². The van der Waals surface area contributed by atoms with E-state index in [1.165, 1.54) is 10.4 Å². The number of thiophene rings is 1. The molecule has 1 aromatic rings. The fourth-order valence-corrected chi connectivity index (χ4v) is 3.82. The molecule has 1 amide bonds. The fourth-order valence-electron chi connectivity index (χ4n) is 2.93. The van der Waals surface area contributed by atoms with E-state index in [4.69, 9.17) is 5.11 Å². The molecule has 2 rings (SSSR count). The molecule has 22 heavy (non-hydrogen) atoms. The molecule has 0 aromatic carbocycles. The Hall–Kier alpha value is -0.910. The van der Waals surface area contributed by atoms with Gasteiger partial charge in [0.05, 0.1) is 6.54 Å². The van der Waals surface area contributed by atoms with Crippen molar-refractivity contribution in [1.29, 1.82) is 0 Å². The van der Waals surface area contributed by atoms with Crippen molar-refractivity contribution in [2.45, 2.75) is 40.2 Å². The van der Waals surface area contributed by atoms with Crippen LogP contribution in [0.15, 0.2) is 11.4 Å². The summed E-state index contributed by atoms with van der Waals surface area (Å²) in [6, 6.07) is 2.14. The Kier molecular flexibility index (Phi) is 6.01. The van der Waals surface area contributed by atoms with Crippen LogP contribution in [-0.2, 0) is 17.8 Å². The number of aliphatic hydroxyl groups excluding tert-OH is 1. The zero-order valence-corrected chi connectivity index (χ0v) is 14.8. The van der Waals surface area contributed by atoms with Gasteiger partial charge in [-0.1, -0.05) is 20.8 Å². The van der Waals surface area contributed by atoms with E-state index < -0.39 is 0 Å². The van der Waals surface area contributed by atoms with Crippen molar-refractivity contribution in [3.05, 3.63) is 21.9 Å². The molecule has 4 nitrogen and oxygen atoms in total. The van der Waals surface area contributed by atoms with Crippen molar-refractivity contribution in [2.24, 2.45) is 5.41 Å². The first-order valence-electron chi connectivity index (χ1n) is 8.05. The lowest BCUT2D eigenvalue weighted by atomic mass is 9.96. The van der Waals surface area contributed by atoms with Crippen LogP contribution in [0.2, 0.25) is 0 Å². The minimum Gasteiger partial charge on any atom is -0.396 e. The molecule has 0 radical (unpaired) electrons. The van der Waals surface area contributed by atoms with Gasteiger partial charge in [0.1, 0.15) is 0 Å². The SMILES string of the molecule is CC(C)(C)CN(CCCO)CC(=O)N1CCc2sccc2C1. The second-order valence-corrected chi connectivity index (χ2v) is 8.28. The molecule has 0 aliphatic carbocycles. The summed E-state index contributed by atoms with van der Waals surface area (Å²) in [5.41, 5.74) is 1.46. The minimum absolute atomic E-state index is 0.151. The second kappa shape index (κ2) is 7.57. The van der Waals surface area contributed by atoms with Crippen LogP contribution in [0.4, 0.5) is 0 Å². The largest absolute Gasteiger partial charge is 0.396 e. The lowest BCUT2D eigenvalue weighted by Gasteiger charge is -2.33. The molecule has 124 valence electrons. The number of carbonyl (C=O) groups excluding carboxylic acids is 1. The van der Waals surface area contributed by atoms with E-state index in [0.717, 1.165) is 39.0 Å². The molecule has 0 bridgehead atoms. The molecule has 0 spiro atoms. The van der Waals surface area contributed by atoms with E-state index in [2.05, 4.69) is 37.1 Å². The highest BCUT2D eigenvalue weighted by Gasteiger charge is 2.24. The fraction of sp³-hybridized carbons (Fsp3) is 0.706. The summed E-state index contributed by atoms with van der Waals surface area (Å²) in [7, 11) is 0. The molecule has 5 heteroatoms. The quantitative estimate of drug-likeness (QED) is 0.874. The summed E-state index contributed by atoms with van der Waals surface area (Å²) in [5.74, 6) is 0.207. The van der Waals surface area contributed by atoms with Gasteiger partial charge < -0.3 is 10.0 Å². The minimum atomic E-state index is 0.151. The molecule has 1 aliphatic heterocycles. The van der Waals surface area contributed by atoms with Gasteiger partial charge >= 0.3 is 0 Å². The molecule has 1 aliphatic rings. The van der Waals surface area contributed by atoms with Crippen molar-refractivity contribution in [3.8, 4) is 0 Å². The highest BCUT2D eigenvalue weighted by atomic mass is 32.1. The summed E-state index contributed by atoms with van der Waals surface area (Å²) in [6.45, 7) is 10.4. The summed E-state index contributed by atoms with van der Waals surface area (Å²) < 4.78 is 0. The summed E-state index contributed by atoms with van der Waals surface area (Å²) in [6.07, 6.45) is 1.70. The van der Waals surface area contributed by atoms with Crippen molar-refractivity contribution >= 4 is 17.2 Å². The number of nitrogens with zero attached hydrogens (tertiary/aromatic N) is 2. The van der Waals surface area contributed by atoms with Crippen LogP contribution < -0.4 is 0 Å². The third-order valence-electron chi connectivity index (χ3n) is 3.85. The predicted molar refractivity (Wildman–Crippen MR) is 91.0 cm³/mol. The molecular formula is C17H28N2O2S. The van der Waals surface area contributed by atoms with Gasteiger partial charge in [0.2, 0.25) is 5.91 Å². The number of fused-ring (bicyclic) bond motifs is 1. The van der Waals surface area contributed by atoms with Crippen LogP contribution in [0.3, 0.4) is 0 Å². The Morgan fingerprint density at radius 1 is 1.45 bits per heavy atom. The maximum absolute atomic E-state index is 12.6. The third kappa shape index (κ3) is 5.07. The van der Waals surface area contributed by atoms with E-state index in [1.54, 1.807) is 11.3 Å². The van der Waals surface area contributed by atoms with Crippen LogP contribution in [0, 0.1) is 5.41 Å². The normalized spacial score (nSPS) is 15.2. The van der Waals surface area contributed by atoms with Crippen LogP contribution in [-0.4, -0.2) is 53.6 Å². The average molecular weight is 324 g/mol. The maximum atomic E-state index is 12.6. The lowest BCUT2D eigenvalue weighted by Crippen LogP contribution is -2.45. The predicted octanol–water partition coefficient (Wildman–Crippen LogP) is 2.36. The van der Waals surface area contributed by atoms with Gasteiger partial charge in [0.15, 0.2) is 0 Å². The molecule has 0 unspecified atom stereocenters. The number of amides is 1. The standard InChI is InChI=1S/C17H28N2O2S/c1-17(2,3)13-18(7-4-9-20)12-16(21)19-8-5-15-14(11-19)6-10-22-15/h6,10,20H,4-5,7-9,11-13H2,1-3H3. The van der Waals surface area contributed by atoms with Gasteiger partial charge in [0, 0.05) is 37.7 Å². The average Bonchev–Trinajstić information content (AvgIpc) is 2.90. The maximum Gasteiger partial charge on any atom is 0.237 e. The first kappa shape index (κ1) is 17.4. The zero-order chi connectivity index (χ0) is 16.2. The van der Waals surface area contributed by atoms with Crippen LogP contribution >= 0.6 is 11.3 Å². The zero-order valence-electron chi connectivity index (χ0n) is 14.0. The van der Waals surface area contributed by atoms with Crippen LogP contribution in [0.1, 0.15) is 37.6 Å². The number of rotatable bonds is 6. The first-order chi connectivity index (χ1) is 10.4. The van der Waals surface area contributed by atoms with Crippen molar-refractivity contribution in [1.82, 2.24) is 9.80 Å². The molecule has 0 atom stereocenters.